The van der Waals surface area contributed by atoms with E-state index in [4.69, 9.17) is 4.52 Å². The second kappa shape index (κ2) is 3.89. The number of hydrogen-bond donors (Lipinski definition) is 0. The smallest absolute Gasteiger partial charge is 0.333 e. The van der Waals surface area contributed by atoms with E-state index < -0.39 is 11.7 Å². The van der Waals surface area contributed by atoms with Crippen molar-refractivity contribution in [1.82, 2.24) is 10.1 Å². The zero-order valence-corrected chi connectivity index (χ0v) is 9.21. The van der Waals surface area contributed by atoms with Crippen LogP contribution in [0.5, 0.6) is 0 Å². The summed E-state index contributed by atoms with van der Waals surface area (Å²) in [5.41, 5.74) is -0.521. The average molecular weight is 293 g/mol. The van der Waals surface area contributed by atoms with E-state index in [0.29, 0.717) is 0 Å². The van der Waals surface area contributed by atoms with E-state index in [1.165, 1.54) is 12.1 Å². The van der Waals surface area contributed by atoms with Crippen molar-refractivity contribution in [3.05, 3.63) is 34.6 Å². The lowest BCUT2D eigenvalue weighted by Crippen LogP contribution is -2.04. The number of alkyl halides is 3. The Balaban J connectivity index is 2.44. The van der Waals surface area contributed by atoms with Crippen LogP contribution in [0.15, 0.2) is 33.5 Å². The van der Waals surface area contributed by atoms with Gasteiger partial charge in [-0.2, -0.15) is 18.2 Å². The molecule has 0 aliphatic heterocycles. The van der Waals surface area contributed by atoms with Crippen LogP contribution in [-0.4, -0.2) is 10.1 Å². The van der Waals surface area contributed by atoms with Crippen molar-refractivity contribution >= 4 is 15.9 Å². The second-order valence-electron chi connectivity index (χ2n) is 2.95. The van der Waals surface area contributed by atoms with Crippen molar-refractivity contribution in [2.45, 2.75) is 6.18 Å². The van der Waals surface area contributed by atoms with Gasteiger partial charge in [-0.25, -0.2) is 0 Å². The normalized spacial score (nSPS) is 11.8. The maximum absolute atomic E-state index is 12.4. The monoisotopic (exact) mass is 292 g/mol. The van der Waals surface area contributed by atoms with Gasteiger partial charge in [0, 0.05) is 5.56 Å². The van der Waals surface area contributed by atoms with Gasteiger partial charge in [-0.15, -0.1) is 0 Å². The highest BCUT2D eigenvalue weighted by Crippen LogP contribution is 2.31. The third-order valence-electron chi connectivity index (χ3n) is 1.84. The first-order chi connectivity index (χ1) is 7.47. The molecule has 16 heavy (non-hydrogen) atoms. The number of nitrogens with zero attached hydrogens (tertiary/aromatic N) is 2. The van der Waals surface area contributed by atoms with E-state index in [1.807, 2.05) is 0 Å². The number of rotatable bonds is 1. The first kappa shape index (κ1) is 11.1. The predicted molar refractivity (Wildman–Crippen MR) is 52.4 cm³/mol. The predicted octanol–water partition coefficient (Wildman–Crippen LogP) is 3.52. The Morgan fingerprint density at radius 2 is 2.00 bits per heavy atom. The fraction of sp³-hybridized carbons (Fsp3) is 0.111. The Morgan fingerprint density at radius 3 is 2.56 bits per heavy atom. The summed E-state index contributed by atoms with van der Waals surface area (Å²) < 4.78 is 42.2. The molecule has 0 bridgehead atoms. The molecule has 1 aromatic heterocycles. The highest BCUT2D eigenvalue weighted by molar-refractivity contribution is 9.10. The summed E-state index contributed by atoms with van der Waals surface area (Å²) in [5, 5.41) is 3.43. The molecule has 1 heterocycles. The Hall–Kier alpha value is -1.37. The lowest BCUT2D eigenvalue weighted by Gasteiger charge is -2.06. The maximum atomic E-state index is 12.4. The molecule has 0 saturated heterocycles. The summed E-state index contributed by atoms with van der Waals surface area (Å²) in [6.45, 7) is 0. The summed E-state index contributed by atoms with van der Waals surface area (Å²) in [6, 6.07) is 4.69. The second-order valence-corrected chi connectivity index (χ2v) is 3.66. The molecule has 0 unspecified atom stereocenters. The van der Waals surface area contributed by atoms with Gasteiger partial charge in [0.25, 0.3) is 5.89 Å². The van der Waals surface area contributed by atoms with Crippen molar-refractivity contribution in [2.24, 2.45) is 0 Å². The lowest BCUT2D eigenvalue weighted by atomic mass is 10.1. The van der Waals surface area contributed by atoms with Crippen LogP contribution >= 0.6 is 15.9 Å². The number of aromatic nitrogens is 2. The molecule has 0 spiro atoms. The van der Waals surface area contributed by atoms with Gasteiger partial charge in [0.15, 0.2) is 0 Å². The molecule has 7 heteroatoms. The summed E-state index contributed by atoms with van der Waals surface area (Å²) in [5.74, 6) is 0.0398. The topological polar surface area (TPSA) is 38.9 Å². The number of benzene rings is 1. The Kier molecular flexibility index (Phi) is 2.71. The minimum absolute atomic E-state index is 0.0398. The van der Waals surface area contributed by atoms with Crippen molar-refractivity contribution < 1.29 is 17.7 Å². The molecule has 84 valence electrons. The van der Waals surface area contributed by atoms with Crippen LogP contribution in [0.3, 0.4) is 0 Å². The zero-order valence-electron chi connectivity index (χ0n) is 7.62. The fourth-order valence-corrected chi connectivity index (χ4v) is 1.38. The van der Waals surface area contributed by atoms with Gasteiger partial charge < -0.3 is 4.52 Å². The van der Waals surface area contributed by atoms with Crippen LogP contribution in [0.1, 0.15) is 5.56 Å². The maximum Gasteiger partial charge on any atom is 0.416 e. The fourth-order valence-electron chi connectivity index (χ4n) is 1.15. The van der Waals surface area contributed by atoms with Crippen LogP contribution in [0.4, 0.5) is 13.2 Å². The van der Waals surface area contributed by atoms with Gasteiger partial charge in [-0.05, 0) is 39.3 Å². The molecule has 0 atom stereocenters. The molecule has 0 aliphatic rings. The minimum Gasteiger partial charge on any atom is -0.333 e. The van der Waals surface area contributed by atoms with E-state index in [2.05, 4.69) is 26.1 Å². The van der Waals surface area contributed by atoms with E-state index in [9.17, 15) is 13.2 Å². The van der Waals surface area contributed by atoms with E-state index >= 15 is 0 Å². The Bertz CT molecular complexity index is 509. The molecular weight excluding hydrogens is 289 g/mol. The van der Waals surface area contributed by atoms with Gasteiger partial charge in [-0.1, -0.05) is 6.07 Å². The van der Waals surface area contributed by atoms with Crippen LogP contribution in [0.25, 0.3) is 11.5 Å². The first-order valence-corrected chi connectivity index (χ1v) is 4.93. The summed E-state index contributed by atoms with van der Waals surface area (Å²) in [6.07, 6.45) is -4.38. The molecule has 3 nitrogen and oxygen atoms in total. The van der Waals surface area contributed by atoms with Gasteiger partial charge in [0.05, 0.1) is 5.56 Å². The minimum atomic E-state index is -4.38. The summed E-state index contributed by atoms with van der Waals surface area (Å²) >= 11 is 2.95. The molecule has 1 aromatic carbocycles. The van der Waals surface area contributed by atoms with Crippen molar-refractivity contribution in [3.63, 3.8) is 0 Å². The summed E-state index contributed by atoms with van der Waals surface area (Å²) in [4.78, 5) is 3.78. The van der Waals surface area contributed by atoms with Gasteiger partial charge in [0.2, 0.25) is 4.73 Å². The van der Waals surface area contributed by atoms with Gasteiger partial charge in [0.1, 0.15) is 0 Å². The highest BCUT2D eigenvalue weighted by atomic mass is 79.9. The molecule has 2 rings (SSSR count). The first-order valence-electron chi connectivity index (χ1n) is 4.13. The third-order valence-corrected chi connectivity index (χ3v) is 2.16. The third kappa shape index (κ3) is 2.24. The number of halogens is 4. The molecule has 0 radical (unpaired) electrons. The van der Waals surface area contributed by atoms with E-state index in [-0.39, 0.29) is 16.2 Å². The molecular formula is C9H4BrF3N2O. The van der Waals surface area contributed by atoms with Crippen molar-refractivity contribution in [1.29, 1.82) is 0 Å². The molecule has 2 aromatic rings. The quantitative estimate of drug-likeness (QED) is 0.807. The van der Waals surface area contributed by atoms with Gasteiger partial charge >= 0.3 is 6.18 Å². The van der Waals surface area contributed by atoms with Gasteiger partial charge in [-0.3, -0.25) is 0 Å². The summed E-state index contributed by atoms with van der Waals surface area (Å²) in [7, 11) is 0. The van der Waals surface area contributed by atoms with E-state index in [0.717, 1.165) is 12.1 Å². The van der Waals surface area contributed by atoms with Crippen LogP contribution < -0.4 is 0 Å². The molecule has 0 N–H and O–H groups in total. The van der Waals surface area contributed by atoms with E-state index in [1.54, 1.807) is 0 Å². The van der Waals surface area contributed by atoms with Crippen molar-refractivity contribution in [3.8, 4) is 11.5 Å². The number of hydrogen-bond acceptors (Lipinski definition) is 3. The van der Waals surface area contributed by atoms with Crippen LogP contribution in [-0.2, 0) is 6.18 Å². The Morgan fingerprint density at radius 1 is 1.25 bits per heavy atom. The largest absolute Gasteiger partial charge is 0.416 e. The molecule has 0 fully saturated rings. The molecule has 0 saturated carbocycles. The van der Waals surface area contributed by atoms with Crippen LogP contribution in [0.2, 0.25) is 0 Å². The van der Waals surface area contributed by atoms with Crippen molar-refractivity contribution in [2.75, 3.05) is 0 Å². The highest BCUT2D eigenvalue weighted by Gasteiger charge is 2.30. The molecule has 0 aliphatic carbocycles. The average Bonchev–Trinajstić information content (AvgIpc) is 2.64. The zero-order chi connectivity index (χ0) is 11.8. The molecule has 0 amide bonds. The Labute approximate surface area is 96.4 Å². The lowest BCUT2D eigenvalue weighted by molar-refractivity contribution is -0.137. The SMILES string of the molecule is FC(F)(F)c1cccc(-c2nc(Br)no2)c1. The standard InChI is InChI=1S/C9H4BrF3N2O/c10-8-14-7(16-15-8)5-2-1-3-6(4-5)9(11,12)13/h1-4H. The van der Waals surface area contributed by atoms with Crippen LogP contribution in [0, 0.1) is 0 Å².